The molecule has 2 bridgehead atoms. The quantitative estimate of drug-likeness (QED) is 0.903. The van der Waals surface area contributed by atoms with Crippen LogP contribution in [0.2, 0.25) is 0 Å². The summed E-state index contributed by atoms with van der Waals surface area (Å²) in [5.74, 6) is 1.24. The van der Waals surface area contributed by atoms with Gasteiger partial charge >= 0.3 is 0 Å². The number of nitrogens with zero attached hydrogens (tertiary/aromatic N) is 4. The number of hydrogen-bond donors (Lipinski definition) is 1. The fourth-order valence-electron chi connectivity index (χ4n) is 4.47. The van der Waals surface area contributed by atoms with Gasteiger partial charge in [-0.1, -0.05) is 6.07 Å². The van der Waals surface area contributed by atoms with Crippen molar-refractivity contribution >= 4 is 23.3 Å². The Balaban J connectivity index is 1.45. The molecule has 0 radical (unpaired) electrons. The summed E-state index contributed by atoms with van der Waals surface area (Å²) in [5.41, 5.74) is 1.99. The zero-order chi connectivity index (χ0) is 18.4. The van der Waals surface area contributed by atoms with Gasteiger partial charge in [0.2, 0.25) is 5.91 Å². The van der Waals surface area contributed by atoms with Crippen molar-refractivity contribution < 1.29 is 9.59 Å². The predicted octanol–water partition coefficient (Wildman–Crippen LogP) is 2.06. The predicted molar refractivity (Wildman–Crippen MR) is 100 cm³/mol. The van der Waals surface area contributed by atoms with Crippen LogP contribution in [-0.4, -0.2) is 45.8 Å². The van der Waals surface area contributed by atoms with Crippen molar-refractivity contribution in [3.05, 3.63) is 47.9 Å². The molecule has 7 nitrogen and oxygen atoms in total. The van der Waals surface area contributed by atoms with Crippen LogP contribution >= 0.6 is 0 Å². The third-order valence-corrected chi connectivity index (χ3v) is 5.83. The number of aromatic nitrogens is 2. The maximum Gasteiger partial charge on any atom is 0.255 e. The van der Waals surface area contributed by atoms with Crippen LogP contribution in [0.25, 0.3) is 0 Å². The van der Waals surface area contributed by atoms with Crippen LogP contribution in [0.4, 0.5) is 11.5 Å². The van der Waals surface area contributed by atoms with Gasteiger partial charge in [-0.05, 0) is 43.4 Å². The lowest BCUT2D eigenvalue weighted by atomic mass is 10.1. The van der Waals surface area contributed by atoms with Gasteiger partial charge in [0, 0.05) is 25.0 Å². The number of pyridine rings is 2. The molecule has 2 atom stereocenters. The van der Waals surface area contributed by atoms with E-state index in [2.05, 4.69) is 15.3 Å². The number of fused-ring (bicyclic) bond motifs is 3. The topological polar surface area (TPSA) is 78.4 Å². The second kappa shape index (κ2) is 6.33. The smallest absolute Gasteiger partial charge is 0.255 e. The Hall–Kier alpha value is -2.96. The Labute approximate surface area is 157 Å². The number of hydrogen-bond acceptors (Lipinski definition) is 5. The molecule has 2 fully saturated rings. The Kier molecular flexibility index (Phi) is 3.81. The minimum absolute atomic E-state index is 0.0216. The standard InChI is InChI=1S/C20H21N5O2/c26-18-10-23-19-17(25(18)12-15-3-1-2-6-21-15)8-14(9-22-19)20(27)24-11-13-4-5-16(24)7-13/h1-3,6,8-9,13,16H,4-5,7,10-12H2,(H,22,23)/t13-,16-/m0/s1. The highest BCUT2D eigenvalue weighted by molar-refractivity contribution is 6.04. The van der Waals surface area contributed by atoms with E-state index in [0.717, 1.165) is 25.1 Å². The molecule has 4 heterocycles. The van der Waals surface area contributed by atoms with Crippen LogP contribution < -0.4 is 10.2 Å². The van der Waals surface area contributed by atoms with E-state index >= 15 is 0 Å². The number of likely N-dealkylation sites (tertiary alicyclic amines) is 1. The second-order valence-electron chi connectivity index (χ2n) is 7.54. The van der Waals surface area contributed by atoms with Crippen molar-refractivity contribution in [2.24, 2.45) is 5.92 Å². The van der Waals surface area contributed by atoms with E-state index in [9.17, 15) is 9.59 Å². The summed E-state index contributed by atoms with van der Waals surface area (Å²) in [6.07, 6.45) is 6.78. The van der Waals surface area contributed by atoms with E-state index in [4.69, 9.17) is 0 Å². The minimum atomic E-state index is -0.0558. The first kappa shape index (κ1) is 16.2. The summed E-state index contributed by atoms with van der Waals surface area (Å²) >= 11 is 0. The molecule has 1 aliphatic carbocycles. The van der Waals surface area contributed by atoms with Crippen LogP contribution in [0.5, 0.6) is 0 Å². The number of carbonyl (C=O) groups excluding carboxylic acids is 2. The number of rotatable bonds is 3. The molecule has 2 aromatic rings. The van der Waals surface area contributed by atoms with Gasteiger partial charge in [0.1, 0.15) is 0 Å². The molecule has 0 unspecified atom stereocenters. The molecule has 1 saturated carbocycles. The summed E-state index contributed by atoms with van der Waals surface area (Å²) in [5, 5.41) is 3.04. The minimum Gasteiger partial charge on any atom is -0.359 e. The molecular weight excluding hydrogens is 342 g/mol. The lowest BCUT2D eigenvalue weighted by Gasteiger charge is -2.31. The van der Waals surface area contributed by atoms with Gasteiger partial charge in [0.05, 0.1) is 30.0 Å². The molecule has 2 amide bonds. The molecule has 2 aromatic heterocycles. The summed E-state index contributed by atoms with van der Waals surface area (Å²) in [6.45, 7) is 1.40. The van der Waals surface area contributed by atoms with E-state index in [-0.39, 0.29) is 18.4 Å². The van der Waals surface area contributed by atoms with Gasteiger partial charge in [-0.3, -0.25) is 14.6 Å². The average molecular weight is 363 g/mol. The van der Waals surface area contributed by atoms with E-state index < -0.39 is 0 Å². The summed E-state index contributed by atoms with van der Waals surface area (Å²) < 4.78 is 0. The monoisotopic (exact) mass is 363 g/mol. The third kappa shape index (κ3) is 2.83. The van der Waals surface area contributed by atoms with Gasteiger partial charge in [0.15, 0.2) is 5.82 Å². The fourth-order valence-corrected chi connectivity index (χ4v) is 4.47. The molecule has 3 aliphatic rings. The van der Waals surface area contributed by atoms with Crippen LogP contribution in [-0.2, 0) is 11.3 Å². The van der Waals surface area contributed by atoms with Gasteiger partial charge < -0.3 is 15.1 Å². The molecule has 2 aliphatic heterocycles. The molecule has 1 N–H and O–H groups in total. The maximum absolute atomic E-state index is 13.0. The highest BCUT2D eigenvalue weighted by Gasteiger charge is 2.40. The maximum atomic E-state index is 13.0. The van der Waals surface area contributed by atoms with Gasteiger partial charge in [-0.15, -0.1) is 0 Å². The first-order chi connectivity index (χ1) is 13.2. The Bertz CT molecular complexity index is 901. The second-order valence-corrected chi connectivity index (χ2v) is 7.54. The Morgan fingerprint density at radius 1 is 1.26 bits per heavy atom. The van der Waals surface area contributed by atoms with E-state index in [1.165, 1.54) is 6.42 Å². The normalized spacial score (nSPS) is 23.3. The lowest BCUT2D eigenvalue weighted by Crippen LogP contribution is -2.41. The average Bonchev–Trinajstić information content (AvgIpc) is 3.34. The number of nitrogens with one attached hydrogen (secondary N) is 1. The Morgan fingerprint density at radius 3 is 2.93 bits per heavy atom. The molecule has 1 saturated heterocycles. The first-order valence-corrected chi connectivity index (χ1v) is 9.44. The fraction of sp³-hybridized carbons (Fsp3) is 0.400. The Morgan fingerprint density at radius 2 is 2.19 bits per heavy atom. The van der Waals surface area contributed by atoms with Crippen molar-refractivity contribution in [3.8, 4) is 0 Å². The SMILES string of the molecule is O=C1CNc2ncc(C(=O)N3C[C@H]4CC[C@H]3C4)cc2N1Cc1ccccn1. The van der Waals surface area contributed by atoms with Crippen LogP contribution in [0.1, 0.15) is 35.3 Å². The lowest BCUT2D eigenvalue weighted by molar-refractivity contribution is -0.117. The molecule has 0 aromatic carbocycles. The number of amides is 2. The van der Waals surface area contributed by atoms with Crippen LogP contribution in [0.15, 0.2) is 36.7 Å². The van der Waals surface area contributed by atoms with Crippen molar-refractivity contribution in [2.45, 2.75) is 31.8 Å². The first-order valence-electron chi connectivity index (χ1n) is 9.44. The molecule has 0 spiro atoms. The van der Waals surface area contributed by atoms with Crippen molar-refractivity contribution in [1.82, 2.24) is 14.9 Å². The summed E-state index contributed by atoms with van der Waals surface area (Å²) in [7, 11) is 0. The zero-order valence-electron chi connectivity index (χ0n) is 15.0. The number of carbonyl (C=O) groups is 2. The summed E-state index contributed by atoms with van der Waals surface area (Å²) in [6, 6.07) is 7.79. The zero-order valence-corrected chi connectivity index (χ0v) is 15.0. The molecule has 27 heavy (non-hydrogen) atoms. The van der Waals surface area contributed by atoms with Crippen LogP contribution in [0.3, 0.4) is 0 Å². The van der Waals surface area contributed by atoms with Crippen LogP contribution in [0, 0.1) is 5.92 Å². The van der Waals surface area contributed by atoms with Gasteiger partial charge in [-0.2, -0.15) is 0 Å². The molecular formula is C20H21N5O2. The largest absolute Gasteiger partial charge is 0.359 e. The van der Waals surface area contributed by atoms with Gasteiger partial charge in [0.25, 0.3) is 5.91 Å². The van der Waals surface area contributed by atoms with Crippen molar-refractivity contribution in [3.63, 3.8) is 0 Å². The molecule has 138 valence electrons. The highest BCUT2D eigenvalue weighted by atomic mass is 16.2. The highest BCUT2D eigenvalue weighted by Crippen LogP contribution is 2.38. The molecule has 5 rings (SSSR count). The number of anilines is 2. The number of piperidine rings is 1. The summed E-state index contributed by atoms with van der Waals surface area (Å²) in [4.78, 5) is 37.9. The van der Waals surface area contributed by atoms with Crippen molar-refractivity contribution in [2.75, 3.05) is 23.3 Å². The van der Waals surface area contributed by atoms with E-state index in [1.807, 2.05) is 23.1 Å². The molecule has 7 heteroatoms. The third-order valence-electron chi connectivity index (χ3n) is 5.83. The van der Waals surface area contributed by atoms with E-state index in [0.29, 0.717) is 35.6 Å². The van der Waals surface area contributed by atoms with Crippen molar-refractivity contribution in [1.29, 1.82) is 0 Å². The van der Waals surface area contributed by atoms with E-state index in [1.54, 1.807) is 23.4 Å². The van der Waals surface area contributed by atoms with Gasteiger partial charge in [-0.25, -0.2) is 4.98 Å².